The van der Waals surface area contributed by atoms with Crippen LogP contribution in [-0.2, 0) is 16.2 Å². The molecule has 0 saturated heterocycles. The van der Waals surface area contributed by atoms with Crippen molar-refractivity contribution >= 4 is 15.7 Å². The molecule has 1 fully saturated rings. The SMILES string of the molecule is N#Cc1ccc2c(c1)N(S(=O)(=O)c1ccc(C(F)(F)F)cc1)C(C1CC1)c1cn[nH]c1-2. The van der Waals surface area contributed by atoms with Crippen LogP contribution in [0, 0.1) is 17.2 Å². The molecule has 1 N–H and O–H groups in total. The molecule has 1 aromatic heterocycles. The lowest BCUT2D eigenvalue weighted by atomic mass is 9.92. The zero-order valence-corrected chi connectivity index (χ0v) is 16.7. The van der Waals surface area contributed by atoms with E-state index in [1.165, 1.54) is 10.4 Å². The Hall–Kier alpha value is -3.32. The fourth-order valence-electron chi connectivity index (χ4n) is 4.07. The quantitative estimate of drug-likeness (QED) is 0.638. The number of nitrogens with one attached hydrogen (secondary N) is 1. The first-order valence-corrected chi connectivity index (χ1v) is 11.0. The van der Waals surface area contributed by atoms with Crippen LogP contribution in [0.2, 0.25) is 0 Å². The lowest BCUT2D eigenvalue weighted by molar-refractivity contribution is -0.137. The maximum absolute atomic E-state index is 13.7. The van der Waals surface area contributed by atoms with Gasteiger partial charge >= 0.3 is 6.18 Å². The third-order valence-corrected chi connectivity index (χ3v) is 7.49. The zero-order chi connectivity index (χ0) is 22.0. The zero-order valence-electron chi connectivity index (χ0n) is 15.9. The van der Waals surface area contributed by atoms with E-state index in [9.17, 15) is 26.9 Å². The van der Waals surface area contributed by atoms with Gasteiger partial charge in [-0.05, 0) is 61.2 Å². The Morgan fingerprint density at radius 3 is 2.45 bits per heavy atom. The van der Waals surface area contributed by atoms with Crippen LogP contribution in [0.1, 0.15) is 35.6 Å². The van der Waals surface area contributed by atoms with Gasteiger partial charge in [0.15, 0.2) is 0 Å². The third-order valence-electron chi connectivity index (χ3n) is 5.68. The highest BCUT2D eigenvalue weighted by Gasteiger charge is 2.47. The summed E-state index contributed by atoms with van der Waals surface area (Å²) in [5, 5.41) is 16.4. The molecule has 6 nitrogen and oxygen atoms in total. The van der Waals surface area contributed by atoms with Crippen molar-refractivity contribution in [3.63, 3.8) is 0 Å². The highest BCUT2D eigenvalue weighted by molar-refractivity contribution is 7.92. The summed E-state index contributed by atoms with van der Waals surface area (Å²) in [6.07, 6.45) is -1.33. The molecule has 0 radical (unpaired) electrons. The number of nitrogens with zero attached hydrogens (tertiary/aromatic N) is 3. The summed E-state index contributed by atoms with van der Waals surface area (Å²) in [5.41, 5.74) is 1.65. The molecule has 0 bridgehead atoms. The Balaban J connectivity index is 1.71. The Bertz CT molecular complexity index is 1320. The molecule has 1 saturated carbocycles. The second-order valence-electron chi connectivity index (χ2n) is 7.65. The monoisotopic (exact) mass is 444 g/mol. The van der Waals surface area contributed by atoms with Gasteiger partial charge < -0.3 is 0 Å². The highest BCUT2D eigenvalue weighted by atomic mass is 32.2. The van der Waals surface area contributed by atoms with E-state index in [4.69, 9.17) is 0 Å². The van der Waals surface area contributed by atoms with E-state index in [0.29, 0.717) is 16.9 Å². The molecular formula is C21H15F3N4O2S. The smallest absolute Gasteiger partial charge is 0.277 e. The summed E-state index contributed by atoms with van der Waals surface area (Å²) in [6.45, 7) is 0. The standard InChI is InChI=1S/C21H15F3N4O2S/c22-21(23,24)14-4-6-15(7-5-14)31(29,30)28-18-9-12(10-25)1-8-16(18)19-17(11-26-27-19)20(28)13-2-3-13/h1,4-9,11,13,20H,2-3H2,(H,26,27). The van der Waals surface area contributed by atoms with E-state index in [2.05, 4.69) is 10.2 Å². The Kier molecular flexibility index (Phi) is 4.17. The second-order valence-corrected chi connectivity index (χ2v) is 9.46. The molecule has 1 aliphatic heterocycles. The molecule has 0 spiro atoms. The minimum Gasteiger partial charge on any atom is -0.277 e. The number of anilines is 1. The summed E-state index contributed by atoms with van der Waals surface area (Å²) >= 11 is 0. The van der Waals surface area contributed by atoms with Crippen LogP contribution in [0.4, 0.5) is 18.9 Å². The Morgan fingerprint density at radius 1 is 1.13 bits per heavy atom. The van der Waals surface area contributed by atoms with Crippen molar-refractivity contribution in [2.45, 2.75) is 30.0 Å². The largest absolute Gasteiger partial charge is 0.416 e. The number of aromatic amines is 1. The van der Waals surface area contributed by atoms with Crippen LogP contribution in [0.15, 0.2) is 53.6 Å². The van der Waals surface area contributed by atoms with Crippen LogP contribution in [-0.4, -0.2) is 18.6 Å². The minimum atomic E-state index is -4.57. The van der Waals surface area contributed by atoms with Crippen LogP contribution < -0.4 is 4.31 Å². The number of halogens is 3. The molecule has 5 rings (SSSR count). The fraction of sp³-hybridized carbons (Fsp3) is 0.238. The van der Waals surface area contributed by atoms with Gasteiger partial charge in [-0.1, -0.05) is 0 Å². The topological polar surface area (TPSA) is 89.8 Å². The van der Waals surface area contributed by atoms with Gasteiger partial charge in [-0.15, -0.1) is 0 Å². The summed E-state index contributed by atoms with van der Waals surface area (Å²) in [6, 6.07) is 9.68. The molecule has 2 aliphatic rings. The molecule has 0 amide bonds. The molecular weight excluding hydrogens is 429 g/mol. The fourth-order valence-corrected chi connectivity index (χ4v) is 5.77. The number of rotatable bonds is 3. The van der Waals surface area contributed by atoms with E-state index in [1.807, 2.05) is 6.07 Å². The Labute approximate surface area is 176 Å². The van der Waals surface area contributed by atoms with Gasteiger partial charge in [-0.3, -0.25) is 9.40 Å². The van der Waals surface area contributed by atoms with Crippen molar-refractivity contribution in [1.29, 1.82) is 5.26 Å². The maximum Gasteiger partial charge on any atom is 0.416 e. The number of hydrogen-bond donors (Lipinski definition) is 1. The van der Waals surface area contributed by atoms with Crippen molar-refractivity contribution in [3.8, 4) is 17.3 Å². The molecule has 3 aromatic rings. The number of nitriles is 1. The maximum atomic E-state index is 13.7. The Morgan fingerprint density at radius 2 is 1.84 bits per heavy atom. The normalized spacial score (nSPS) is 18.3. The van der Waals surface area contributed by atoms with Crippen molar-refractivity contribution in [1.82, 2.24) is 10.2 Å². The lowest BCUT2D eigenvalue weighted by Gasteiger charge is -2.37. The van der Waals surface area contributed by atoms with Gasteiger partial charge in [0.25, 0.3) is 10.0 Å². The van der Waals surface area contributed by atoms with Crippen LogP contribution in [0.5, 0.6) is 0 Å². The van der Waals surface area contributed by atoms with Crippen LogP contribution in [0.25, 0.3) is 11.3 Å². The van der Waals surface area contributed by atoms with Crippen LogP contribution in [0.3, 0.4) is 0 Å². The van der Waals surface area contributed by atoms with Crippen LogP contribution >= 0.6 is 0 Å². The van der Waals surface area contributed by atoms with E-state index < -0.39 is 27.8 Å². The van der Waals surface area contributed by atoms with Gasteiger partial charge in [-0.2, -0.15) is 23.5 Å². The molecule has 10 heteroatoms. The average molecular weight is 444 g/mol. The molecule has 1 aliphatic carbocycles. The molecule has 31 heavy (non-hydrogen) atoms. The number of benzene rings is 2. The van der Waals surface area contributed by atoms with Crippen molar-refractivity contribution in [3.05, 3.63) is 65.4 Å². The number of aromatic nitrogens is 2. The van der Waals surface area contributed by atoms with Gasteiger partial charge in [0.05, 0.1) is 45.7 Å². The van der Waals surface area contributed by atoms with Gasteiger partial charge in [0.2, 0.25) is 0 Å². The van der Waals surface area contributed by atoms with Crippen molar-refractivity contribution < 1.29 is 21.6 Å². The molecule has 2 aromatic carbocycles. The predicted molar refractivity (Wildman–Crippen MR) is 105 cm³/mol. The molecule has 158 valence electrons. The molecule has 1 unspecified atom stereocenters. The number of sulfonamides is 1. The number of hydrogen-bond acceptors (Lipinski definition) is 4. The summed E-state index contributed by atoms with van der Waals surface area (Å²) in [4.78, 5) is -0.244. The van der Waals surface area contributed by atoms with Crippen molar-refractivity contribution in [2.75, 3.05) is 4.31 Å². The van der Waals surface area contributed by atoms with E-state index >= 15 is 0 Å². The number of H-pyrrole nitrogens is 1. The minimum absolute atomic E-state index is 0.0551. The predicted octanol–water partition coefficient (Wildman–Crippen LogP) is 4.63. The molecule has 2 heterocycles. The van der Waals surface area contributed by atoms with Gasteiger partial charge in [-0.25, -0.2) is 8.42 Å². The van der Waals surface area contributed by atoms with Gasteiger partial charge in [0.1, 0.15) is 0 Å². The first-order valence-electron chi connectivity index (χ1n) is 9.51. The summed E-state index contributed by atoms with van der Waals surface area (Å²) in [5.74, 6) is 0.0551. The second kappa shape index (κ2) is 6.59. The average Bonchev–Trinajstić information content (AvgIpc) is 3.47. The van der Waals surface area contributed by atoms with Crippen molar-refractivity contribution in [2.24, 2.45) is 5.92 Å². The van der Waals surface area contributed by atoms with E-state index in [-0.39, 0.29) is 16.4 Å². The highest BCUT2D eigenvalue weighted by Crippen LogP contribution is 2.54. The summed E-state index contributed by atoms with van der Waals surface area (Å²) < 4.78 is 67.6. The lowest BCUT2D eigenvalue weighted by Crippen LogP contribution is -2.38. The molecule has 1 atom stereocenters. The first kappa shape index (κ1) is 19.6. The van der Waals surface area contributed by atoms with E-state index in [1.54, 1.807) is 18.3 Å². The number of fused-ring (bicyclic) bond motifs is 3. The first-order chi connectivity index (χ1) is 14.7. The van der Waals surface area contributed by atoms with E-state index in [0.717, 1.165) is 42.7 Å². The third kappa shape index (κ3) is 3.08. The number of alkyl halides is 3. The summed E-state index contributed by atoms with van der Waals surface area (Å²) in [7, 11) is -4.22. The van der Waals surface area contributed by atoms with Gasteiger partial charge in [0, 0.05) is 11.1 Å².